The predicted molar refractivity (Wildman–Crippen MR) is 59.1 cm³/mol. The lowest BCUT2D eigenvalue weighted by molar-refractivity contribution is -0.137. The summed E-state index contributed by atoms with van der Waals surface area (Å²) in [4.78, 5) is 24.6. The van der Waals surface area contributed by atoms with Gasteiger partial charge in [0.1, 0.15) is 0 Å². The average Bonchev–Trinajstić information content (AvgIpc) is 2.34. The van der Waals surface area contributed by atoms with Crippen LogP contribution in [0.4, 0.5) is 0 Å². The van der Waals surface area contributed by atoms with Gasteiger partial charge in [-0.3, -0.25) is 14.5 Å². The van der Waals surface area contributed by atoms with Crippen LogP contribution < -0.4 is 0 Å². The van der Waals surface area contributed by atoms with E-state index >= 15 is 0 Å². The molecule has 0 aliphatic carbocycles. The van der Waals surface area contributed by atoms with E-state index in [-0.39, 0.29) is 11.8 Å². The molecule has 1 rings (SSSR count). The minimum Gasteiger partial charge on any atom is -0.275 e. The third kappa shape index (κ3) is 2.35. The van der Waals surface area contributed by atoms with E-state index in [0.29, 0.717) is 17.7 Å². The highest BCUT2D eigenvalue weighted by atomic mass is 16.2. The second-order valence-electron chi connectivity index (χ2n) is 4.07. The summed E-state index contributed by atoms with van der Waals surface area (Å²) < 4.78 is 0. The molecule has 0 saturated carbocycles. The molecule has 3 nitrogen and oxygen atoms in total. The molecule has 0 bridgehead atoms. The SMILES string of the molecule is C=C(C)CCCN1C(=O)C(C)=C(C)C1=O. The van der Waals surface area contributed by atoms with E-state index in [2.05, 4.69) is 6.58 Å². The molecule has 3 heteroatoms. The van der Waals surface area contributed by atoms with Crippen LogP contribution in [0.25, 0.3) is 0 Å². The first-order valence-electron chi connectivity index (χ1n) is 5.13. The minimum absolute atomic E-state index is 0.140. The molecule has 1 aliphatic rings. The summed E-state index contributed by atoms with van der Waals surface area (Å²) in [6.07, 6.45) is 1.66. The summed E-state index contributed by atoms with van der Waals surface area (Å²) in [5.41, 5.74) is 2.24. The Morgan fingerprint density at radius 1 is 1.20 bits per heavy atom. The number of hydrogen-bond donors (Lipinski definition) is 0. The van der Waals surface area contributed by atoms with Gasteiger partial charge in [-0.1, -0.05) is 5.57 Å². The zero-order valence-electron chi connectivity index (χ0n) is 9.59. The van der Waals surface area contributed by atoms with Crippen LogP contribution in [-0.4, -0.2) is 23.3 Å². The number of carbonyl (C=O) groups excluding carboxylic acids is 2. The molecule has 0 spiro atoms. The molecule has 2 amide bonds. The van der Waals surface area contributed by atoms with Crippen molar-refractivity contribution in [2.24, 2.45) is 0 Å². The first-order valence-corrected chi connectivity index (χ1v) is 5.13. The summed E-state index contributed by atoms with van der Waals surface area (Å²) in [5.74, 6) is -0.279. The Morgan fingerprint density at radius 3 is 2.07 bits per heavy atom. The standard InChI is InChI=1S/C12H17NO2/c1-8(2)6-5-7-13-11(14)9(3)10(4)12(13)15/h1,5-7H2,2-4H3. The van der Waals surface area contributed by atoms with Gasteiger partial charge in [-0.25, -0.2) is 0 Å². The van der Waals surface area contributed by atoms with Gasteiger partial charge < -0.3 is 0 Å². The monoisotopic (exact) mass is 207 g/mol. The summed E-state index contributed by atoms with van der Waals surface area (Å²) in [6, 6.07) is 0. The lowest BCUT2D eigenvalue weighted by Gasteiger charge is -2.14. The fourth-order valence-electron chi connectivity index (χ4n) is 1.56. The van der Waals surface area contributed by atoms with Crippen LogP contribution in [0.2, 0.25) is 0 Å². The van der Waals surface area contributed by atoms with Crippen molar-refractivity contribution >= 4 is 11.8 Å². The maximum atomic E-state index is 11.6. The molecule has 0 atom stereocenters. The predicted octanol–water partition coefficient (Wildman–Crippen LogP) is 2.05. The lowest BCUT2D eigenvalue weighted by atomic mass is 10.2. The summed E-state index contributed by atoms with van der Waals surface area (Å²) in [7, 11) is 0. The molecule has 0 N–H and O–H groups in total. The van der Waals surface area contributed by atoms with Gasteiger partial charge in [0.2, 0.25) is 0 Å². The van der Waals surface area contributed by atoms with E-state index in [0.717, 1.165) is 18.4 Å². The van der Waals surface area contributed by atoms with Gasteiger partial charge in [0, 0.05) is 17.7 Å². The second-order valence-corrected chi connectivity index (χ2v) is 4.07. The Bertz CT molecular complexity index is 329. The van der Waals surface area contributed by atoms with Crippen molar-refractivity contribution in [3.8, 4) is 0 Å². The highest BCUT2D eigenvalue weighted by molar-refractivity contribution is 6.18. The molecule has 0 radical (unpaired) electrons. The molecule has 0 aromatic heterocycles. The summed E-state index contributed by atoms with van der Waals surface area (Å²) in [5, 5.41) is 0. The van der Waals surface area contributed by atoms with E-state index in [1.54, 1.807) is 13.8 Å². The number of imide groups is 1. The molecule has 0 fully saturated rings. The van der Waals surface area contributed by atoms with Crippen molar-refractivity contribution in [2.75, 3.05) is 6.54 Å². The number of amides is 2. The number of carbonyl (C=O) groups is 2. The average molecular weight is 207 g/mol. The fraction of sp³-hybridized carbons (Fsp3) is 0.500. The van der Waals surface area contributed by atoms with Crippen molar-refractivity contribution in [2.45, 2.75) is 33.6 Å². The molecule has 1 heterocycles. The molecular formula is C12H17NO2. The minimum atomic E-state index is -0.140. The largest absolute Gasteiger partial charge is 0.275 e. The van der Waals surface area contributed by atoms with Crippen molar-refractivity contribution in [3.63, 3.8) is 0 Å². The van der Waals surface area contributed by atoms with Crippen LogP contribution in [0, 0.1) is 0 Å². The van der Waals surface area contributed by atoms with E-state index in [9.17, 15) is 9.59 Å². The smallest absolute Gasteiger partial charge is 0.256 e. The van der Waals surface area contributed by atoms with Crippen LogP contribution in [0.3, 0.4) is 0 Å². The molecule has 0 aromatic carbocycles. The van der Waals surface area contributed by atoms with Gasteiger partial charge >= 0.3 is 0 Å². The Kier molecular flexibility index (Phi) is 3.45. The molecule has 15 heavy (non-hydrogen) atoms. The number of rotatable bonds is 4. The topological polar surface area (TPSA) is 37.4 Å². The molecule has 82 valence electrons. The number of nitrogens with zero attached hydrogens (tertiary/aromatic N) is 1. The van der Waals surface area contributed by atoms with E-state index < -0.39 is 0 Å². The zero-order chi connectivity index (χ0) is 11.6. The first-order chi connectivity index (χ1) is 6.95. The second kappa shape index (κ2) is 4.43. The third-order valence-electron chi connectivity index (χ3n) is 2.68. The lowest BCUT2D eigenvalue weighted by Crippen LogP contribution is -2.32. The van der Waals surface area contributed by atoms with E-state index in [4.69, 9.17) is 0 Å². The van der Waals surface area contributed by atoms with Gasteiger partial charge in [-0.15, -0.1) is 6.58 Å². The molecule has 0 unspecified atom stereocenters. The fourth-order valence-corrected chi connectivity index (χ4v) is 1.56. The van der Waals surface area contributed by atoms with Crippen LogP contribution in [0.1, 0.15) is 33.6 Å². The first kappa shape index (κ1) is 11.7. The van der Waals surface area contributed by atoms with Crippen molar-refractivity contribution in [3.05, 3.63) is 23.3 Å². The van der Waals surface area contributed by atoms with Gasteiger partial charge in [0.15, 0.2) is 0 Å². The normalized spacial score (nSPS) is 16.6. The van der Waals surface area contributed by atoms with Gasteiger partial charge in [0.25, 0.3) is 11.8 Å². The van der Waals surface area contributed by atoms with Crippen LogP contribution in [0.15, 0.2) is 23.3 Å². The molecular weight excluding hydrogens is 190 g/mol. The Morgan fingerprint density at radius 2 is 1.67 bits per heavy atom. The molecule has 1 aliphatic heterocycles. The van der Waals surface area contributed by atoms with Crippen LogP contribution in [0.5, 0.6) is 0 Å². The number of hydrogen-bond acceptors (Lipinski definition) is 2. The maximum absolute atomic E-state index is 11.6. The van der Waals surface area contributed by atoms with Crippen LogP contribution in [-0.2, 0) is 9.59 Å². The Balaban J connectivity index is 2.56. The molecule has 0 aromatic rings. The number of allylic oxidation sites excluding steroid dienone is 1. The van der Waals surface area contributed by atoms with Gasteiger partial charge in [-0.05, 0) is 33.6 Å². The summed E-state index contributed by atoms with van der Waals surface area (Å²) >= 11 is 0. The van der Waals surface area contributed by atoms with Gasteiger partial charge in [-0.2, -0.15) is 0 Å². The van der Waals surface area contributed by atoms with Crippen molar-refractivity contribution in [1.82, 2.24) is 4.90 Å². The van der Waals surface area contributed by atoms with E-state index in [1.807, 2.05) is 6.92 Å². The Labute approximate surface area is 90.5 Å². The van der Waals surface area contributed by atoms with Crippen molar-refractivity contribution < 1.29 is 9.59 Å². The third-order valence-corrected chi connectivity index (χ3v) is 2.68. The Hall–Kier alpha value is -1.38. The van der Waals surface area contributed by atoms with Crippen molar-refractivity contribution in [1.29, 1.82) is 0 Å². The summed E-state index contributed by atoms with van der Waals surface area (Å²) in [6.45, 7) is 9.64. The highest BCUT2D eigenvalue weighted by Crippen LogP contribution is 2.20. The maximum Gasteiger partial charge on any atom is 0.256 e. The van der Waals surface area contributed by atoms with Gasteiger partial charge in [0.05, 0.1) is 0 Å². The highest BCUT2D eigenvalue weighted by Gasteiger charge is 2.32. The van der Waals surface area contributed by atoms with E-state index in [1.165, 1.54) is 4.90 Å². The zero-order valence-corrected chi connectivity index (χ0v) is 9.59. The quantitative estimate of drug-likeness (QED) is 0.522. The van der Waals surface area contributed by atoms with Crippen LogP contribution >= 0.6 is 0 Å². The molecule has 0 saturated heterocycles.